The van der Waals surface area contributed by atoms with Crippen LogP contribution in [0.3, 0.4) is 0 Å². The number of aliphatic carboxylic acids is 2. The minimum atomic E-state index is -1.16. The van der Waals surface area contributed by atoms with Crippen LogP contribution in [0.4, 0.5) is 0 Å². The zero-order chi connectivity index (χ0) is 14.7. The Labute approximate surface area is 116 Å². The van der Waals surface area contributed by atoms with Crippen molar-refractivity contribution in [2.24, 2.45) is 11.8 Å². The van der Waals surface area contributed by atoms with E-state index in [4.69, 9.17) is 14.9 Å². The summed E-state index contributed by atoms with van der Waals surface area (Å²) < 4.78 is 5.39. The van der Waals surface area contributed by atoms with Gasteiger partial charge in [-0.2, -0.15) is 0 Å². The van der Waals surface area contributed by atoms with Crippen LogP contribution in [0.15, 0.2) is 0 Å². The van der Waals surface area contributed by atoms with Crippen molar-refractivity contribution in [1.29, 1.82) is 0 Å². The third-order valence-electron chi connectivity index (χ3n) is 4.03. The summed E-state index contributed by atoms with van der Waals surface area (Å²) in [6.45, 7) is 0.931. The molecule has 3 atom stereocenters. The standard InChI is InChI=1S/C13H19NO6/c15-11(6-8-2-1-5-20-8)14-4-3-9(12(16)17)10(7-14)13(18)19/h8-10H,1-7H2,(H,16,17)(H,18,19). The second kappa shape index (κ2) is 6.21. The average molecular weight is 285 g/mol. The molecule has 0 bridgehead atoms. The Balaban J connectivity index is 1.95. The highest BCUT2D eigenvalue weighted by molar-refractivity contribution is 5.82. The van der Waals surface area contributed by atoms with Crippen molar-refractivity contribution in [2.75, 3.05) is 19.7 Å². The molecule has 2 aliphatic rings. The maximum atomic E-state index is 12.1. The quantitative estimate of drug-likeness (QED) is 0.764. The predicted molar refractivity (Wildman–Crippen MR) is 67.0 cm³/mol. The largest absolute Gasteiger partial charge is 0.481 e. The molecule has 0 aliphatic carbocycles. The summed E-state index contributed by atoms with van der Waals surface area (Å²) in [4.78, 5) is 35.8. The first kappa shape index (κ1) is 14.8. The van der Waals surface area contributed by atoms with Crippen LogP contribution in [0.2, 0.25) is 0 Å². The highest BCUT2D eigenvalue weighted by Gasteiger charge is 2.40. The van der Waals surface area contributed by atoms with Crippen LogP contribution >= 0.6 is 0 Å². The number of carboxylic acid groups (broad SMARTS) is 2. The molecule has 2 saturated heterocycles. The Hall–Kier alpha value is -1.63. The van der Waals surface area contributed by atoms with E-state index in [9.17, 15) is 14.4 Å². The van der Waals surface area contributed by atoms with Gasteiger partial charge in [0.2, 0.25) is 5.91 Å². The number of hydrogen-bond acceptors (Lipinski definition) is 4. The maximum Gasteiger partial charge on any atom is 0.309 e. The van der Waals surface area contributed by atoms with E-state index in [0.29, 0.717) is 13.2 Å². The van der Waals surface area contributed by atoms with Gasteiger partial charge in [-0.3, -0.25) is 14.4 Å². The van der Waals surface area contributed by atoms with Crippen molar-refractivity contribution >= 4 is 17.8 Å². The number of amides is 1. The maximum absolute atomic E-state index is 12.1. The van der Waals surface area contributed by atoms with Gasteiger partial charge in [-0.05, 0) is 19.3 Å². The Kier molecular flexibility index (Phi) is 4.59. The van der Waals surface area contributed by atoms with Crippen molar-refractivity contribution in [2.45, 2.75) is 31.8 Å². The molecule has 2 fully saturated rings. The number of nitrogens with zero attached hydrogens (tertiary/aromatic N) is 1. The molecule has 1 amide bonds. The van der Waals surface area contributed by atoms with E-state index in [-0.39, 0.29) is 31.4 Å². The van der Waals surface area contributed by atoms with Gasteiger partial charge in [0.15, 0.2) is 0 Å². The lowest BCUT2D eigenvalue weighted by atomic mass is 9.85. The number of hydrogen-bond donors (Lipinski definition) is 2. The summed E-state index contributed by atoms with van der Waals surface area (Å²) in [5.74, 6) is -4.36. The average Bonchev–Trinajstić information content (AvgIpc) is 2.90. The molecule has 2 rings (SSSR count). The molecular weight excluding hydrogens is 266 g/mol. The number of piperidine rings is 1. The van der Waals surface area contributed by atoms with E-state index in [1.807, 2.05) is 0 Å². The molecule has 3 unspecified atom stereocenters. The summed E-state index contributed by atoms with van der Waals surface area (Å²) >= 11 is 0. The lowest BCUT2D eigenvalue weighted by Crippen LogP contribution is -2.49. The van der Waals surface area contributed by atoms with Crippen LogP contribution in [-0.2, 0) is 19.1 Å². The minimum absolute atomic E-state index is 0.0299. The highest BCUT2D eigenvalue weighted by atomic mass is 16.5. The zero-order valence-electron chi connectivity index (χ0n) is 11.2. The lowest BCUT2D eigenvalue weighted by Gasteiger charge is -2.35. The number of rotatable bonds is 4. The molecule has 0 aromatic rings. The predicted octanol–water partition coefficient (Wildman–Crippen LogP) is 0.189. The van der Waals surface area contributed by atoms with Crippen molar-refractivity contribution in [3.63, 3.8) is 0 Å². The summed E-state index contributed by atoms with van der Waals surface area (Å²) in [7, 11) is 0. The van der Waals surface area contributed by atoms with E-state index < -0.39 is 23.8 Å². The highest BCUT2D eigenvalue weighted by Crippen LogP contribution is 2.26. The van der Waals surface area contributed by atoms with Gasteiger partial charge in [-0.1, -0.05) is 0 Å². The van der Waals surface area contributed by atoms with Crippen molar-refractivity contribution in [3.05, 3.63) is 0 Å². The Bertz CT molecular complexity index is 404. The van der Waals surface area contributed by atoms with Crippen LogP contribution in [0.25, 0.3) is 0 Å². The Morgan fingerprint density at radius 3 is 2.35 bits per heavy atom. The summed E-state index contributed by atoms with van der Waals surface area (Å²) in [6.07, 6.45) is 2.15. The van der Waals surface area contributed by atoms with Crippen molar-refractivity contribution in [1.82, 2.24) is 4.90 Å². The molecule has 112 valence electrons. The molecule has 0 saturated carbocycles. The van der Waals surface area contributed by atoms with E-state index in [0.717, 1.165) is 12.8 Å². The second-order valence-corrected chi connectivity index (χ2v) is 5.36. The molecular formula is C13H19NO6. The van der Waals surface area contributed by atoms with Crippen LogP contribution in [0, 0.1) is 11.8 Å². The molecule has 2 N–H and O–H groups in total. The number of ether oxygens (including phenoxy) is 1. The van der Waals surface area contributed by atoms with Gasteiger partial charge in [0, 0.05) is 19.7 Å². The molecule has 7 nitrogen and oxygen atoms in total. The topological polar surface area (TPSA) is 104 Å². The van der Waals surface area contributed by atoms with Gasteiger partial charge in [0.1, 0.15) is 0 Å². The van der Waals surface area contributed by atoms with Gasteiger partial charge in [0.25, 0.3) is 0 Å². The van der Waals surface area contributed by atoms with Gasteiger partial charge in [0.05, 0.1) is 24.4 Å². The zero-order valence-corrected chi connectivity index (χ0v) is 11.2. The molecule has 2 heterocycles. The molecule has 0 aromatic heterocycles. The smallest absolute Gasteiger partial charge is 0.309 e. The number of carbonyl (C=O) groups excluding carboxylic acids is 1. The third kappa shape index (κ3) is 3.27. The number of carbonyl (C=O) groups is 3. The first-order valence-electron chi connectivity index (χ1n) is 6.84. The fourth-order valence-corrected chi connectivity index (χ4v) is 2.85. The van der Waals surface area contributed by atoms with E-state index in [2.05, 4.69) is 0 Å². The number of carboxylic acids is 2. The van der Waals surface area contributed by atoms with E-state index >= 15 is 0 Å². The van der Waals surface area contributed by atoms with Crippen LogP contribution in [-0.4, -0.2) is 58.8 Å². The molecule has 0 aromatic carbocycles. The van der Waals surface area contributed by atoms with Crippen LogP contribution in [0.5, 0.6) is 0 Å². The molecule has 7 heteroatoms. The van der Waals surface area contributed by atoms with Gasteiger partial charge < -0.3 is 19.8 Å². The summed E-state index contributed by atoms with van der Waals surface area (Å²) in [5, 5.41) is 18.1. The summed E-state index contributed by atoms with van der Waals surface area (Å²) in [6, 6.07) is 0. The van der Waals surface area contributed by atoms with Crippen molar-refractivity contribution < 1.29 is 29.3 Å². The van der Waals surface area contributed by atoms with Crippen molar-refractivity contribution in [3.8, 4) is 0 Å². The monoisotopic (exact) mass is 285 g/mol. The van der Waals surface area contributed by atoms with Crippen LogP contribution in [0.1, 0.15) is 25.7 Å². The number of likely N-dealkylation sites (tertiary alicyclic amines) is 1. The fourth-order valence-electron chi connectivity index (χ4n) is 2.85. The molecule has 0 spiro atoms. The second-order valence-electron chi connectivity index (χ2n) is 5.36. The van der Waals surface area contributed by atoms with E-state index in [1.54, 1.807) is 0 Å². The first-order chi connectivity index (χ1) is 9.49. The Morgan fingerprint density at radius 2 is 1.80 bits per heavy atom. The normalized spacial score (nSPS) is 30.2. The lowest BCUT2D eigenvalue weighted by molar-refractivity contribution is -0.159. The third-order valence-corrected chi connectivity index (χ3v) is 4.03. The first-order valence-corrected chi connectivity index (χ1v) is 6.84. The van der Waals surface area contributed by atoms with Crippen LogP contribution < -0.4 is 0 Å². The molecule has 0 radical (unpaired) electrons. The molecule has 2 aliphatic heterocycles. The minimum Gasteiger partial charge on any atom is -0.481 e. The van der Waals surface area contributed by atoms with Gasteiger partial charge >= 0.3 is 11.9 Å². The van der Waals surface area contributed by atoms with Gasteiger partial charge in [-0.15, -0.1) is 0 Å². The van der Waals surface area contributed by atoms with E-state index in [1.165, 1.54) is 4.90 Å². The Morgan fingerprint density at radius 1 is 1.10 bits per heavy atom. The fraction of sp³-hybridized carbons (Fsp3) is 0.769. The van der Waals surface area contributed by atoms with Gasteiger partial charge in [-0.25, -0.2) is 0 Å². The summed E-state index contributed by atoms with van der Waals surface area (Å²) in [5.41, 5.74) is 0. The molecule has 20 heavy (non-hydrogen) atoms. The SMILES string of the molecule is O=C(O)C1CCN(C(=O)CC2CCCO2)CC1C(=O)O.